The molecule has 0 fully saturated rings. The topological polar surface area (TPSA) is 75.7 Å². The monoisotopic (exact) mass is 362 g/mol. The molecule has 7 heteroatoms. The molecule has 0 aliphatic carbocycles. The first-order chi connectivity index (χ1) is 11.8. The van der Waals surface area contributed by atoms with E-state index in [1.54, 1.807) is 19.1 Å². The third-order valence-corrected chi connectivity index (χ3v) is 5.60. The minimum absolute atomic E-state index is 0.118. The summed E-state index contributed by atoms with van der Waals surface area (Å²) in [5, 5.41) is 0. The first-order valence-corrected chi connectivity index (χ1v) is 9.24. The second kappa shape index (κ2) is 7.67. The third-order valence-electron chi connectivity index (χ3n) is 4.17. The zero-order valence-corrected chi connectivity index (χ0v) is 15.5. The zero-order valence-electron chi connectivity index (χ0n) is 14.7. The number of carbonyl (C=O) groups excluding carboxylic acids is 1. The Labute approximate surface area is 148 Å². The predicted molar refractivity (Wildman–Crippen MR) is 96.2 cm³/mol. The normalized spacial score (nSPS) is 12.5. The van der Waals surface area contributed by atoms with E-state index in [0.717, 1.165) is 5.56 Å². The van der Waals surface area contributed by atoms with Gasteiger partial charge in [0.15, 0.2) is 0 Å². The standard InChI is InChI=1S/C18H22N2O4S/c1-13(16-7-5-6-8-17(16)24-4)20(3)18(21)14-9-11-15(12-10-14)25(22,23)19-2/h5-13,19H,1-4H3. The van der Waals surface area contributed by atoms with Crippen LogP contribution in [0.15, 0.2) is 53.4 Å². The van der Waals surface area contributed by atoms with Crippen LogP contribution in [0.2, 0.25) is 0 Å². The number of nitrogens with zero attached hydrogens (tertiary/aromatic N) is 1. The van der Waals surface area contributed by atoms with Crippen molar-refractivity contribution in [1.29, 1.82) is 0 Å². The smallest absolute Gasteiger partial charge is 0.254 e. The molecule has 0 aliphatic heterocycles. The Balaban J connectivity index is 2.25. The van der Waals surface area contributed by atoms with Gasteiger partial charge in [-0.2, -0.15) is 0 Å². The summed E-state index contributed by atoms with van der Waals surface area (Å²) in [4.78, 5) is 14.4. The fraction of sp³-hybridized carbons (Fsp3) is 0.278. The van der Waals surface area contributed by atoms with E-state index in [0.29, 0.717) is 11.3 Å². The molecule has 1 atom stereocenters. The van der Waals surface area contributed by atoms with Crippen molar-refractivity contribution in [1.82, 2.24) is 9.62 Å². The molecule has 0 aliphatic rings. The molecular weight excluding hydrogens is 340 g/mol. The van der Waals surface area contributed by atoms with Gasteiger partial charge in [0.25, 0.3) is 5.91 Å². The van der Waals surface area contributed by atoms with Crippen molar-refractivity contribution in [2.45, 2.75) is 17.9 Å². The van der Waals surface area contributed by atoms with E-state index in [1.165, 1.54) is 31.3 Å². The molecule has 25 heavy (non-hydrogen) atoms. The summed E-state index contributed by atoms with van der Waals surface area (Å²) in [5.41, 5.74) is 1.31. The summed E-state index contributed by atoms with van der Waals surface area (Å²) < 4.78 is 31.1. The second-order valence-corrected chi connectivity index (χ2v) is 7.45. The summed E-state index contributed by atoms with van der Waals surface area (Å²) in [6.45, 7) is 1.91. The van der Waals surface area contributed by atoms with Gasteiger partial charge in [0, 0.05) is 18.2 Å². The number of benzene rings is 2. The second-order valence-electron chi connectivity index (χ2n) is 5.57. The molecule has 0 saturated carbocycles. The minimum atomic E-state index is -3.52. The average Bonchev–Trinajstić information content (AvgIpc) is 2.66. The number of nitrogens with one attached hydrogen (secondary N) is 1. The lowest BCUT2D eigenvalue weighted by molar-refractivity contribution is 0.0741. The van der Waals surface area contributed by atoms with Crippen LogP contribution in [0.5, 0.6) is 5.75 Å². The van der Waals surface area contributed by atoms with Gasteiger partial charge in [-0.25, -0.2) is 13.1 Å². The van der Waals surface area contributed by atoms with Crippen molar-refractivity contribution in [3.8, 4) is 5.75 Å². The number of hydrogen-bond acceptors (Lipinski definition) is 4. The van der Waals surface area contributed by atoms with Gasteiger partial charge in [0.2, 0.25) is 10.0 Å². The van der Waals surface area contributed by atoms with Gasteiger partial charge in [-0.1, -0.05) is 18.2 Å². The molecule has 2 rings (SSSR count). The van der Waals surface area contributed by atoms with Gasteiger partial charge in [0.1, 0.15) is 5.75 Å². The summed E-state index contributed by atoms with van der Waals surface area (Å²) in [7, 11) is 1.12. The maximum Gasteiger partial charge on any atom is 0.254 e. The van der Waals surface area contributed by atoms with Crippen LogP contribution in [-0.4, -0.2) is 40.4 Å². The molecule has 2 aromatic carbocycles. The van der Waals surface area contributed by atoms with E-state index in [1.807, 2.05) is 31.2 Å². The highest BCUT2D eigenvalue weighted by Crippen LogP contribution is 2.29. The van der Waals surface area contributed by atoms with Crippen LogP contribution < -0.4 is 9.46 Å². The Morgan fingerprint density at radius 2 is 1.72 bits per heavy atom. The highest BCUT2D eigenvalue weighted by molar-refractivity contribution is 7.89. The lowest BCUT2D eigenvalue weighted by Gasteiger charge is -2.26. The number of amides is 1. The maximum atomic E-state index is 12.7. The Kier molecular flexibility index (Phi) is 5.81. The minimum Gasteiger partial charge on any atom is -0.496 e. The quantitative estimate of drug-likeness (QED) is 0.856. The molecule has 134 valence electrons. The summed E-state index contributed by atoms with van der Waals surface area (Å²) >= 11 is 0. The van der Waals surface area contributed by atoms with Crippen LogP contribution >= 0.6 is 0 Å². The molecule has 0 bridgehead atoms. The lowest BCUT2D eigenvalue weighted by atomic mass is 10.0. The van der Waals surface area contributed by atoms with E-state index in [9.17, 15) is 13.2 Å². The van der Waals surface area contributed by atoms with Crippen LogP contribution in [-0.2, 0) is 10.0 Å². The number of carbonyl (C=O) groups is 1. The fourth-order valence-corrected chi connectivity index (χ4v) is 3.22. The van der Waals surface area contributed by atoms with Crippen molar-refractivity contribution in [3.63, 3.8) is 0 Å². The Morgan fingerprint density at radius 1 is 1.12 bits per heavy atom. The average molecular weight is 362 g/mol. The molecule has 0 aromatic heterocycles. The van der Waals surface area contributed by atoms with Crippen molar-refractivity contribution in [2.24, 2.45) is 0 Å². The number of hydrogen-bond donors (Lipinski definition) is 1. The Bertz CT molecular complexity index is 848. The number of ether oxygens (including phenoxy) is 1. The fourth-order valence-electron chi connectivity index (χ4n) is 2.49. The molecule has 1 unspecified atom stereocenters. The first-order valence-electron chi connectivity index (χ1n) is 7.75. The SMILES string of the molecule is CNS(=O)(=O)c1ccc(C(=O)N(C)C(C)c2ccccc2OC)cc1. The summed E-state index contributed by atoms with van der Waals surface area (Å²) in [6.07, 6.45) is 0. The molecule has 0 spiro atoms. The van der Waals surface area contributed by atoms with Crippen LogP contribution in [0.25, 0.3) is 0 Å². The number of sulfonamides is 1. The largest absolute Gasteiger partial charge is 0.496 e. The van der Waals surface area contributed by atoms with Gasteiger partial charge in [-0.3, -0.25) is 4.79 Å². The lowest BCUT2D eigenvalue weighted by Crippen LogP contribution is -2.30. The van der Waals surface area contributed by atoms with Crippen LogP contribution in [0, 0.1) is 0 Å². The van der Waals surface area contributed by atoms with Gasteiger partial charge >= 0.3 is 0 Å². The number of methoxy groups -OCH3 is 1. The van der Waals surface area contributed by atoms with Crippen LogP contribution in [0.4, 0.5) is 0 Å². The Hall–Kier alpha value is -2.38. The van der Waals surface area contributed by atoms with Gasteiger partial charge in [-0.05, 0) is 44.3 Å². The van der Waals surface area contributed by atoms with Gasteiger partial charge < -0.3 is 9.64 Å². The van der Waals surface area contributed by atoms with E-state index >= 15 is 0 Å². The molecule has 1 amide bonds. The van der Waals surface area contributed by atoms with E-state index in [2.05, 4.69) is 4.72 Å². The predicted octanol–water partition coefficient (Wildman–Crippen LogP) is 2.44. The molecule has 1 N–H and O–H groups in total. The molecule has 2 aromatic rings. The molecular formula is C18H22N2O4S. The zero-order chi connectivity index (χ0) is 18.6. The van der Waals surface area contributed by atoms with Crippen molar-refractivity contribution < 1.29 is 17.9 Å². The maximum absolute atomic E-state index is 12.7. The van der Waals surface area contributed by atoms with Crippen LogP contribution in [0.1, 0.15) is 28.9 Å². The van der Waals surface area contributed by atoms with Gasteiger partial charge in [-0.15, -0.1) is 0 Å². The Morgan fingerprint density at radius 3 is 2.28 bits per heavy atom. The summed E-state index contributed by atoms with van der Waals surface area (Å²) in [6, 6.07) is 13.2. The highest BCUT2D eigenvalue weighted by Gasteiger charge is 2.22. The van der Waals surface area contributed by atoms with Crippen molar-refractivity contribution >= 4 is 15.9 Å². The molecule has 0 saturated heterocycles. The third kappa shape index (κ3) is 4.00. The van der Waals surface area contributed by atoms with E-state index in [4.69, 9.17) is 4.74 Å². The van der Waals surface area contributed by atoms with E-state index < -0.39 is 10.0 Å². The molecule has 6 nitrogen and oxygen atoms in total. The van der Waals surface area contributed by atoms with Crippen molar-refractivity contribution in [3.05, 3.63) is 59.7 Å². The number of rotatable bonds is 6. The van der Waals surface area contributed by atoms with Gasteiger partial charge in [0.05, 0.1) is 18.0 Å². The highest BCUT2D eigenvalue weighted by atomic mass is 32.2. The van der Waals surface area contributed by atoms with Crippen molar-refractivity contribution in [2.75, 3.05) is 21.2 Å². The summed E-state index contributed by atoms with van der Waals surface area (Å²) in [5.74, 6) is 0.511. The molecule has 0 radical (unpaired) electrons. The number of para-hydroxylation sites is 1. The molecule has 0 heterocycles. The first kappa shape index (κ1) is 19.0. The van der Waals surface area contributed by atoms with Crippen LogP contribution in [0.3, 0.4) is 0 Å². The van der Waals surface area contributed by atoms with E-state index in [-0.39, 0.29) is 16.8 Å².